The van der Waals surface area contributed by atoms with Gasteiger partial charge in [0.1, 0.15) is 11.8 Å². The highest BCUT2D eigenvalue weighted by Crippen LogP contribution is 2.57. The second-order valence-electron chi connectivity index (χ2n) is 7.42. The van der Waals surface area contributed by atoms with Crippen LogP contribution in [0, 0.1) is 5.92 Å². The second kappa shape index (κ2) is 9.00. The van der Waals surface area contributed by atoms with E-state index in [0.29, 0.717) is 12.3 Å². The van der Waals surface area contributed by atoms with Gasteiger partial charge in [0.2, 0.25) is 0 Å². The quantitative estimate of drug-likeness (QED) is 0.446. The van der Waals surface area contributed by atoms with Crippen molar-refractivity contribution < 1.29 is 18.6 Å². The maximum absolute atomic E-state index is 14.1. The Morgan fingerprint density at radius 1 is 1.21 bits per heavy atom. The summed E-state index contributed by atoms with van der Waals surface area (Å²) in [5.41, 5.74) is 1.94. The minimum absolute atomic E-state index is 0.128. The number of fused-ring (bicyclic) bond motifs is 1. The number of halogens is 1. The Morgan fingerprint density at radius 3 is 2.52 bits per heavy atom. The molecular weight excluding hydrogens is 455 g/mol. The topological polar surface area (TPSA) is 67.9 Å². The number of carbonyl (C=O) groups is 1. The van der Waals surface area contributed by atoms with Crippen molar-refractivity contribution in [2.24, 2.45) is 5.92 Å². The molecule has 1 aliphatic heterocycles. The maximum atomic E-state index is 14.1. The maximum Gasteiger partial charge on any atom is 0.394 e. The summed E-state index contributed by atoms with van der Waals surface area (Å²) in [6.45, 7) is 6.15. The first-order chi connectivity index (χ1) is 13.7. The Balaban J connectivity index is 2.03. The Labute approximate surface area is 180 Å². The zero-order chi connectivity index (χ0) is 21.2. The Morgan fingerprint density at radius 2 is 1.90 bits per heavy atom. The molecule has 0 saturated carbocycles. The number of nitrogens with zero attached hydrogens (tertiary/aromatic N) is 1. The fourth-order valence-electron chi connectivity index (χ4n) is 3.36. The van der Waals surface area contributed by atoms with Gasteiger partial charge in [0, 0.05) is 22.6 Å². The lowest BCUT2D eigenvalue weighted by Gasteiger charge is -2.41. The van der Waals surface area contributed by atoms with Crippen LogP contribution in [0.15, 0.2) is 53.0 Å². The minimum atomic E-state index is -3.60. The highest BCUT2D eigenvalue weighted by Gasteiger charge is 2.45. The van der Waals surface area contributed by atoms with Gasteiger partial charge in [-0.2, -0.15) is 4.67 Å². The van der Waals surface area contributed by atoms with E-state index in [1.165, 1.54) is 7.11 Å². The van der Waals surface area contributed by atoms with E-state index in [-0.39, 0.29) is 12.0 Å². The van der Waals surface area contributed by atoms with Crippen molar-refractivity contribution in [3.8, 4) is 5.75 Å². The number of carbonyl (C=O) groups excluding carboxylic acids is 1. The lowest BCUT2D eigenvalue weighted by Crippen LogP contribution is -2.45. The monoisotopic (exact) mass is 480 g/mol. The van der Waals surface area contributed by atoms with Crippen molar-refractivity contribution >= 4 is 29.6 Å². The highest BCUT2D eigenvalue weighted by molar-refractivity contribution is 9.10. The second-order valence-corrected chi connectivity index (χ2v) is 10.3. The van der Waals surface area contributed by atoms with Gasteiger partial charge in [-0.1, -0.05) is 60.1 Å². The van der Waals surface area contributed by atoms with Crippen molar-refractivity contribution in [3.05, 3.63) is 64.1 Å². The molecular formula is C21H26BrN2O4P. The van der Waals surface area contributed by atoms with Crippen LogP contribution in [0.3, 0.4) is 0 Å². The van der Waals surface area contributed by atoms with E-state index in [0.717, 1.165) is 15.6 Å². The van der Waals surface area contributed by atoms with Crippen LogP contribution in [0.1, 0.15) is 37.9 Å². The highest BCUT2D eigenvalue weighted by atomic mass is 79.9. The van der Waals surface area contributed by atoms with E-state index >= 15 is 0 Å². The van der Waals surface area contributed by atoms with Crippen LogP contribution in [0.25, 0.3) is 0 Å². The molecule has 0 spiro atoms. The first-order valence-corrected chi connectivity index (χ1v) is 11.9. The molecule has 156 valence electrons. The Bertz CT molecular complexity index is 922. The molecule has 6 nitrogen and oxygen atoms in total. The van der Waals surface area contributed by atoms with E-state index in [9.17, 15) is 9.36 Å². The predicted octanol–water partition coefficient (Wildman–Crippen LogP) is 5.30. The van der Waals surface area contributed by atoms with E-state index in [4.69, 9.17) is 9.26 Å². The predicted molar refractivity (Wildman–Crippen MR) is 117 cm³/mol. The summed E-state index contributed by atoms with van der Waals surface area (Å²) in [6, 6.07) is 14.5. The molecule has 2 aromatic rings. The average molecular weight is 481 g/mol. The lowest BCUT2D eigenvalue weighted by molar-refractivity contribution is -0.143. The largest absolute Gasteiger partial charge is 0.468 e. The molecule has 0 bridgehead atoms. The molecule has 1 aliphatic rings. The SMILES string of the molecule is COC(=O)C(NP1(=O)Oc2ccc(Br)cc2CN1C(C)c1ccccc1)C(C)C. The lowest BCUT2D eigenvalue weighted by atomic mass is 10.1. The fraction of sp³-hybridized carbons (Fsp3) is 0.381. The summed E-state index contributed by atoms with van der Waals surface area (Å²) in [5.74, 6) is -0.0438. The summed E-state index contributed by atoms with van der Waals surface area (Å²) in [4.78, 5) is 12.3. The van der Waals surface area contributed by atoms with Crippen LogP contribution in [-0.4, -0.2) is 23.8 Å². The molecule has 29 heavy (non-hydrogen) atoms. The smallest absolute Gasteiger partial charge is 0.394 e. The third-order valence-corrected chi connectivity index (χ3v) is 7.77. The van der Waals surface area contributed by atoms with Gasteiger partial charge in [-0.25, -0.2) is 9.65 Å². The standard InChI is InChI=1S/C21H26BrN2O4P/c1-14(2)20(21(25)27-4)23-29(26)24(15(3)16-8-6-5-7-9-16)13-17-12-18(22)10-11-19(17)28-29/h5-12,14-15,20H,13H2,1-4H3,(H,23,26). The summed E-state index contributed by atoms with van der Waals surface area (Å²) in [6.07, 6.45) is 0. The number of hydrogen-bond donors (Lipinski definition) is 1. The van der Waals surface area contributed by atoms with Gasteiger partial charge in [0.05, 0.1) is 7.11 Å². The third kappa shape index (κ3) is 4.75. The Kier molecular flexibility index (Phi) is 6.84. The fourth-order valence-corrected chi connectivity index (χ4v) is 6.20. The van der Waals surface area contributed by atoms with Gasteiger partial charge in [-0.05, 0) is 36.6 Å². The molecule has 2 aromatic carbocycles. The minimum Gasteiger partial charge on any atom is -0.468 e. The molecule has 0 saturated heterocycles. The molecule has 0 amide bonds. The van der Waals surface area contributed by atoms with E-state index in [1.54, 1.807) is 10.7 Å². The average Bonchev–Trinajstić information content (AvgIpc) is 2.71. The van der Waals surface area contributed by atoms with Crippen LogP contribution in [0.4, 0.5) is 0 Å². The van der Waals surface area contributed by atoms with Gasteiger partial charge in [0.25, 0.3) is 0 Å². The number of esters is 1. The van der Waals surface area contributed by atoms with E-state index in [1.807, 2.05) is 63.2 Å². The first-order valence-electron chi connectivity index (χ1n) is 9.51. The molecule has 8 heteroatoms. The molecule has 0 fully saturated rings. The van der Waals surface area contributed by atoms with Gasteiger partial charge in [-0.15, -0.1) is 0 Å². The first kappa shape index (κ1) is 22.0. The zero-order valence-electron chi connectivity index (χ0n) is 17.0. The van der Waals surface area contributed by atoms with Crippen LogP contribution in [-0.2, 0) is 20.6 Å². The molecule has 1 heterocycles. The summed E-state index contributed by atoms with van der Waals surface area (Å²) < 4.78 is 27.8. The zero-order valence-corrected chi connectivity index (χ0v) is 19.4. The number of benzene rings is 2. The summed E-state index contributed by atoms with van der Waals surface area (Å²) in [5, 5.41) is 3.01. The van der Waals surface area contributed by atoms with Crippen molar-refractivity contribution in [1.82, 2.24) is 9.76 Å². The van der Waals surface area contributed by atoms with E-state index in [2.05, 4.69) is 21.0 Å². The van der Waals surface area contributed by atoms with Crippen LogP contribution in [0.2, 0.25) is 0 Å². The van der Waals surface area contributed by atoms with Crippen LogP contribution >= 0.6 is 23.6 Å². The molecule has 1 N–H and O–H groups in total. The normalized spacial score (nSPS) is 21.2. The van der Waals surface area contributed by atoms with Crippen molar-refractivity contribution in [2.75, 3.05) is 7.11 Å². The molecule has 3 atom stereocenters. The number of hydrogen-bond acceptors (Lipinski definition) is 4. The van der Waals surface area contributed by atoms with E-state index < -0.39 is 19.7 Å². The number of methoxy groups -OCH3 is 1. The number of nitrogens with one attached hydrogen (secondary N) is 1. The van der Waals surface area contributed by atoms with Crippen LogP contribution < -0.4 is 9.61 Å². The van der Waals surface area contributed by atoms with Crippen molar-refractivity contribution in [2.45, 2.75) is 39.4 Å². The molecule has 3 rings (SSSR count). The van der Waals surface area contributed by atoms with Gasteiger partial charge < -0.3 is 9.26 Å². The molecule has 0 aromatic heterocycles. The van der Waals surface area contributed by atoms with Gasteiger partial charge in [-0.3, -0.25) is 4.79 Å². The molecule has 0 aliphatic carbocycles. The summed E-state index contributed by atoms with van der Waals surface area (Å²) in [7, 11) is -2.27. The Hall–Kier alpha value is -1.66. The van der Waals surface area contributed by atoms with Crippen molar-refractivity contribution in [1.29, 1.82) is 0 Å². The summed E-state index contributed by atoms with van der Waals surface area (Å²) >= 11 is 3.49. The van der Waals surface area contributed by atoms with Gasteiger partial charge in [0.15, 0.2) is 0 Å². The number of ether oxygens (including phenoxy) is 1. The van der Waals surface area contributed by atoms with Crippen LogP contribution in [0.5, 0.6) is 5.75 Å². The molecule has 0 radical (unpaired) electrons. The molecule has 3 unspecified atom stereocenters. The van der Waals surface area contributed by atoms with Crippen molar-refractivity contribution in [3.63, 3.8) is 0 Å². The van der Waals surface area contributed by atoms with Gasteiger partial charge >= 0.3 is 13.6 Å². The number of rotatable bonds is 6. The third-order valence-electron chi connectivity index (χ3n) is 5.07.